The zero-order valence-corrected chi connectivity index (χ0v) is 14.7. The number of hydrogen-bond acceptors (Lipinski definition) is 2. The number of amides is 2. The van der Waals surface area contributed by atoms with Crippen LogP contribution in [-0.2, 0) is 16.1 Å². The Kier molecular flexibility index (Phi) is 8.37. The molecule has 3 N–H and O–H groups in total. The molecule has 0 aliphatic heterocycles. The Morgan fingerprint density at radius 2 is 1.61 bits per heavy atom. The van der Waals surface area contributed by atoms with Crippen molar-refractivity contribution in [2.75, 3.05) is 13.1 Å². The first kappa shape index (κ1) is 19.2. The fraction of sp³-hybridized carbons (Fsp3) is 0.706. The van der Waals surface area contributed by atoms with E-state index in [2.05, 4.69) is 36.4 Å². The lowest BCUT2D eigenvalue weighted by atomic mass is 9.92. The minimum Gasteiger partial charge on any atom is -0.356 e. The number of carbonyl (C=O) groups excluding carboxylic acids is 2. The number of rotatable bonds is 10. The van der Waals surface area contributed by atoms with Crippen molar-refractivity contribution in [3.8, 4) is 0 Å². The summed E-state index contributed by atoms with van der Waals surface area (Å²) in [6.07, 6.45) is 10.0. The summed E-state index contributed by atoms with van der Waals surface area (Å²) in [7, 11) is 0. The van der Waals surface area contributed by atoms with Crippen LogP contribution in [0.1, 0.15) is 52.9 Å². The van der Waals surface area contributed by atoms with Gasteiger partial charge in [0, 0.05) is 19.5 Å². The lowest BCUT2D eigenvalue weighted by Gasteiger charge is -2.17. The van der Waals surface area contributed by atoms with Gasteiger partial charge in [-0.15, -0.1) is 0 Å². The van der Waals surface area contributed by atoms with Gasteiger partial charge in [-0.3, -0.25) is 14.6 Å². The van der Waals surface area contributed by atoms with Gasteiger partial charge in [0.1, 0.15) is 12.4 Å². The van der Waals surface area contributed by atoms with Gasteiger partial charge in [-0.05, 0) is 18.3 Å². The van der Waals surface area contributed by atoms with Crippen LogP contribution in [0.5, 0.6) is 0 Å². The molecule has 23 heavy (non-hydrogen) atoms. The summed E-state index contributed by atoms with van der Waals surface area (Å²) in [5, 5.41) is 5.87. The second-order valence-corrected chi connectivity index (χ2v) is 7.14. The first-order chi connectivity index (χ1) is 10.9. The summed E-state index contributed by atoms with van der Waals surface area (Å²) >= 11 is 0. The third-order valence-corrected chi connectivity index (χ3v) is 3.37. The standard InChI is InChI=1S/C17H30N4O2/c1-17(2,3)12-15(22)19-8-6-4-5-7-9-20-16(23)13-21-11-10-18-14-21/h10-11,14H,4-9,12-13H2,1-3H3,(H2,19,20,22,23)/p+1. The van der Waals surface area contributed by atoms with Crippen LogP contribution in [0.25, 0.3) is 0 Å². The molecule has 6 nitrogen and oxygen atoms in total. The van der Waals surface area contributed by atoms with Gasteiger partial charge in [-0.2, -0.15) is 0 Å². The molecule has 0 spiro atoms. The third-order valence-electron chi connectivity index (χ3n) is 3.37. The zero-order valence-electron chi connectivity index (χ0n) is 14.7. The molecule has 1 rings (SSSR count). The molecular weight excluding hydrogens is 292 g/mol. The summed E-state index contributed by atoms with van der Waals surface area (Å²) < 4.78 is 1.80. The highest BCUT2D eigenvalue weighted by Crippen LogP contribution is 2.17. The van der Waals surface area contributed by atoms with E-state index in [0.29, 0.717) is 19.5 Å². The summed E-state index contributed by atoms with van der Waals surface area (Å²) in [5.41, 5.74) is 0.0426. The van der Waals surface area contributed by atoms with E-state index < -0.39 is 0 Å². The van der Waals surface area contributed by atoms with E-state index in [0.717, 1.165) is 32.2 Å². The highest BCUT2D eigenvalue weighted by Gasteiger charge is 2.15. The van der Waals surface area contributed by atoms with Crippen LogP contribution in [-0.4, -0.2) is 29.9 Å². The minimum atomic E-state index is 0.0315. The Balaban J connectivity index is 1.91. The van der Waals surface area contributed by atoms with Gasteiger partial charge in [0.15, 0.2) is 6.54 Å². The third kappa shape index (κ3) is 10.5. The van der Waals surface area contributed by atoms with E-state index in [4.69, 9.17) is 0 Å². The van der Waals surface area contributed by atoms with Crippen LogP contribution in [0.2, 0.25) is 0 Å². The fourth-order valence-electron chi connectivity index (χ4n) is 2.24. The van der Waals surface area contributed by atoms with Gasteiger partial charge in [-0.1, -0.05) is 33.6 Å². The van der Waals surface area contributed by atoms with Crippen molar-refractivity contribution in [2.45, 2.75) is 59.4 Å². The predicted octanol–water partition coefficient (Wildman–Crippen LogP) is 1.53. The van der Waals surface area contributed by atoms with Crippen LogP contribution in [0.3, 0.4) is 0 Å². The minimum absolute atomic E-state index is 0.0315. The van der Waals surface area contributed by atoms with E-state index in [-0.39, 0.29) is 17.2 Å². The molecule has 1 aromatic rings. The van der Waals surface area contributed by atoms with Crippen molar-refractivity contribution >= 4 is 11.8 Å². The summed E-state index contributed by atoms with van der Waals surface area (Å²) in [4.78, 5) is 26.2. The Hall–Kier alpha value is -1.85. The number of imidazole rings is 1. The molecule has 0 aliphatic rings. The van der Waals surface area contributed by atoms with E-state index in [9.17, 15) is 9.59 Å². The predicted molar refractivity (Wildman–Crippen MR) is 89.5 cm³/mol. The number of aromatic amines is 1. The highest BCUT2D eigenvalue weighted by molar-refractivity contribution is 5.76. The number of unbranched alkanes of at least 4 members (excludes halogenated alkanes) is 3. The molecule has 0 aromatic carbocycles. The van der Waals surface area contributed by atoms with E-state index in [1.54, 1.807) is 17.1 Å². The van der Waals surface area contributed by atoms with Crippen molar-refractivity contribution in [1.82, 2.24) is 15.6 Å². The lowest BCUT2D eigenvalue weighted by molar-refractivity contribution is -0.683. The molecule has 0 fully saturated rings. The number of aromatic nitrogens is 2. The van der Waals surface area contributed by atoms with Crippen LogP contribution < -0.4 is 15.2 Å². The largest absolute Gasteiger partial charge is 0.356 e. The summed E-state index contributed by atoms with van der Waals surface area (Å²) in [6, 6.07) is 0. The van der Waals surface area contributed by atoms with Gasteiger partial charge >= 0.3 is 0 Å². The van der Waals surface area contributed by atoms with Gasteiger partial charge in [0.2, 0.25) is 12.2 Å². The van der Waals surface area contributed by atoms with Crippen molar-refractivity contribution in [2.24, 2.45) is 5.41 Å². The Morgan fingerprint density at radius 1 is 1.00 bits per heavy atom. The molecule has 0 atom stereocenters. The number of carbonyl (C=O) groups is 2. The van der Waals surface area contributed by atoms with E-state index in [1.165, 1.54) is 0 Å². The van der Waals surface area contributed by atoms with Crippen molar-refractivity contribution in [1.29, 1.82) is 0 Å². The smallest absolute Gasteiger partial charge is 0.262 e. The molecule has 6 heteroatoms. The maximum atomic E-state index is 11.6. The SMILES string of the molecule is CC(C)(C)CC(=O)NCCCCCCNC(=O)C[n+]1cc[nH]c1. The van der Waals surface area contributed by atoms with Crippen molar-refractivity contribution in [3.63, 3.8) is 0 Å². The van der Waals surface area contributed by atoms with Crippen LogP contribution in [0.15, 0.2) is 18.7 Å². The average Bonchev–Trinajstić information content (AvgIpc) is 2.92. The fourth-order valence-corrected chi connectivity index (χ4v) is 2.24. The van der Waals surface area contributed by atoms with Gasteiger partial charge in [0.05, 0.1) is 0 Å². The molecule has 1 heterocycles. The Morgan fingerprint density at radius 3 is 2.13 bits per heavy atom. The molecule has 0 saturated heterocycles. The molecule has 0 aliphatic carbocycles. The Labute approximate surface area is 139 Å². The molecule has 0 bridgehead atoms. The molecule has 0 unspecified atom stereocenters. The molecule has 1 aromatic heterocycles. The van der Waals surface area contributed by atoms with Crippen LogP contribution in [0.4, 0.5) is 0 Å². The molecule has 2 amide bonds. The summed E-state index contributed by atoms with van der Waals surface area (Å²) in [6.45, 7) is 8.00. The zero-order chi connectivity index (χ0) is 17.1. The molecule has 0 radical (unpaired) electrons. The second kappa shape index (κ2) is 10.0. The molecule has 130 valence electrons. The van der Waals surface area contributed by atoms with E-state index in [1.807, 2.05) is 6.20 Å². The van der Waals surface area contributed by atoms with Gasteiger partial charge in [-0.25, -0.2) is 4.57 Å². The number of hydrogen-bond donors (Lipinski definition) is 3. The summed E-state index contributed by atoms with van der Waals surface area (Å²) in [5.74, 6) is 0.163. The highest BCUT2D eigenvalue weighted by atomic mass is 16.2. The first-order valence-corrected chi connectivity index (χ1v) is 8.42. The second-order valence-electron chi connectivity index (χ2n) is 7.14. The van der Waals surface area contributed by atoms with Gasteiger partial charge < -0.3 is 10.6 Å². The maximum Gasteiger partial charge on any atom is 0.262 e. The van der Waals surface area contributed by atoms with Crippen LogP contribution >= 0.6 is 0 Å². The molecular formula is C17H31N4O2+. The topological polar surface area (TPSA) is 77.9 Å². The lowest BCUT2D eigenvalue weighted by Crippen LogP contribution is -2.41. The number of H-pyrrole nitrogens is 1. The monoisotopic (exact) mass is 323 g/mol. The first-order valence-electron chi connectivity index (χ1n) is 8.42. The maximum absolute atomic E-state index is 11.6. The Bertz CT molecular complexity index is 463. The van der Waals surface area contributed by atoms with Gasteiger partial charge in [0.25, 0.3) is 5.91 Å². The van der Waals surface area contributed by atoms with Crippen molar-refractivity contribution in [3.05, 3.63) is 18.7 Å². The quantitative estimate of drug-likeness (QED) is 0.451. The van der Waals surface area contributed by atoms with Crippen LogP contribution in [0, 0.1) is 5.41 Å². The average molecular weight is 323 g/mol. The molecule has 0 saturated carbocycles. The normalized spacial score (nSPS) is 11.3. The van der Waals surface area contributed by atoms with E-state index >= 15 is 0 Å². The number of nitrogens with one attached hydrogen (secondary N) is 3. The number of nitrogens with zero attached hydrogens (tertiary/aromatic N) is 1. The van der Waals surface area contributed by atoms with Crippen molar-refractivity contribution < 1.29 is 14.2 Å².